The molecule has 1 amide bonds. The molecule has 0 N–H and O–H groups in total. The summed E-state index contributed by atoms with van der Waals surface area (Å²) in [6, 6.07) is 8.79. The Morgan fingerprint density at radius 1 is 1.07 bits per heavy atom. The molecule has 1 aliphatic rings. The van der Waals surface area contributed by atoms with Crippen molar-refractivity contribution in [2.75, 3.05) is 40.4 Å². The third-order valence-electron chi connectivity index (χ3n) is 4.70. The van der Waals surface area contributed by atoms with Gasteiger partial charge in [-0.15, -0.1) is 11.3 Å². The van der Waals surface area contributed by atoms with E-state index in [2.05, 4.69) is 0 Å². The number of amides is 1. The van der Waals surface area contributed by atoms with E-state index < -0.39 is 10.0 Å². The van der Waals surface area contributed by atoms with Crippen molar-refractivity contribution in [1.29, 1.82) is 0 Å². The number of carbonyl (C=O) groups excluding carboxylic acids is 1. The molecule has 3 rings (SSSR count). The van der Waals surface area contributed by atoms with Gasteiger partial charge in [-0.25, -0.2) is 8.42 Å². The lowest BCUT2D eigenvalue weighted by molar-refractivity contribution is -0.127. The van der Waals surface area contributed by atoms with Crippen LogP contribution in [0, 0.1) is 6.92 Å². The van der Waals surface area contributed by atoms with Gasteiger partial charge < -0.3 is 14.4 Å². The lowest BCUT2D eigenvalue weighted by atomic mass is 10.1. The van der Waals surface area contributed by atoms with Crippen LogP contribution in [0.15, 0.2) is 40.6 Å². The summed E-state index contributed by atoms with van der Waals surface area (Å²) in [5, 5.41) is 0. The Morgan fingerprint density at radius 2 is 1.79 bits per heavy atom. The number of ether oxygens (including phenoxy) is 2. The number of piperazine rings is 1. The first-order valence-electron chi connectivity index (χ1n) is 9.11. The number of methoxy groups -OCH3 is 2. The SMILES string of the molecule is COc1ccc(OC)c(/C=C/C(=O)N2CCN(S(=O)(=O)c3ccc(C)s3)CC2)c1. The Bertz CT molecular complexity index is 1010. The maximum Gasteiger partial charge on any atom is 0.252 e. The first-order chi connectivity index (χ1) is 13.8. The Kier molecular flexibility index (Phi) is 6.61. The van der Waals surface area contributed by atoms with Gasteiger partial charge in [-0.1, -0.05) is 0 Å². The summed E-state index contributed by atoms with van der Waals surface area (Å²) >= 11 is 1.26. The van der Waals surface area contributed by atoms with Gasteiger partial charge >= 0.3 is 0 Å². The minimum Gasteiger partial charge on any atom is -0.497 e. The van der Waals surface area contributed by atoms with Crippen molar-refractivity contribution in [2.24, 2.45) is 0 Å². The summed E-state index contributed by atoms with van der Waals surface area (Å²) in [6.07, 6.45) is 3.16. The normalized spacial score (nSPS) is 15.6. The number of nitrogens with zero attached hydrogens (tertiary/aromatic N) is 2. The second-order valence-electron chi connectivity index (χ2n) is 6.54. The molecule has 7 nitrogen and oxygen atoms in total. The van der Waals surface area contributed by atoms with Crippen molar-refractivity contribution in [1.82, 2.24) is 9.21 Å². The minimum atomic E-state index is -3.50. The number of benzene rings is 1. The summed E-state index contributed by atoms with van der Waals surface area (Å²) in [5.41, 5.74) is 0.731. The number of aryl methyl sites for hydroxylation is 1. The summed E-state index contributed by atoms with van der Waals surface area (Å²) in [7, 11) is -0.357. The van der Waals surface area contributed by atoms with Crippen molar-refractivity contribution >= 4 is 33.3 Å². The molecule has 1 fully saturated rings. The average Bonchev–Trinajstić information content (AvgIpc) is 3.19. The van der Waals surface area contributed by atoms with Gasteiger partial charge in [0.25, 0.3) is 10.0 Å². The van der Waals surface area contributed by atoms with Gasteiger partial charge in [0.1, 0.15) is 15.7 Å². The minimum absolute atomic E-state index is 0.168. The van der Waals surface area contributed by atoms with Crippen molar-refractivity contribution in [3.8, 4) is 11.5 Å². The van der Waals surface area contributed by atoms with Gasteiger partial charge in [-0.2, -0.15) is 4.31 Å². The molecule has 1 aromatic heterocycles. The molecular formula is C20H24N2O5S2. The maximum absolute atomic E-state index is 12.7. The molecule has 0 radical (unpaired) electrons. The van der Waals surface area contributed by atoms with Gasteiger partial charge in [0, 0.05) is 42.7 Å². The number of hydrogen-bond donors (Lipinski definition) is 0. The second-order valence-corrected chi connectivity index (χ2v) is 9.99. The molecule has 1 saturated heterocycles. The molecule has 2 aromatic rings. The topological polar surface area (TPSA) is 76.2 Å². The molecule has 0 bridgehead atoms. The Balaban J connectivity index is 1.64. The molecule has 9 heteroatoms. The van der Waals surface area contributed by atoms with Crippen LogP contribution in [0.2, 0.25) is 0 Å². The molecule has 0 spiro atoms. The van der Waals surface area contributed by atoms with Gasteiger partial charge in [-0.3, -0.25) is 4.79 Å². The molecule has 156 valence electrons. The monoisotopic (exact) mass is 436 g/mol. The quantitative estimate of drug-likeness (QED) is 0.651. The predicted molar refractivity (Wildman–Crippen MR) is 113 cm³/mol. The van der Waals surface area contributed by atoms with E-state index >= 15 is 0 Å². The van der Waals surface area contributed by atoms with Crippen LogP contribution in [-0.4, -0.2) is 63.9 Å². The van der Waals surface area contributed by atoms with Gasteiger partial charge in [-0.05, 0) is 43.3 Å². The molecule has 2 heterocycles. The smallest absolute Gasteiger partial charge is 0.252 e. The zero-order valence-corrected chi connectivity index (χ0v) is 18.3. The van der Waals surface area contributed by atoms with Crippen molar-refractivity contribution < 1.29 is 22.7 Å². The number of sulfonamides is 1. The van der Waals surface area contributed by atoms with Gasteiger partial charge in [0.15, 0.2) is 0 Å². The van der Waals surface area contributed by atoms with Gasteiger partial charge in [0.2, 0.25) is 5.91 Å². The second kappa shape index (κ2) is 8.98. The van der Waals surface area contributed by atoms with Crippen molar-refractivity contribution in [3.05, 3.63) is 46.8 Å². The zero-order valence-electron chi connectivity index (χ0n) is 16.6. The highest BCUT2D eigenvalue weighted by atomic mass is 32.2. The Morgan fingerprint density at radius 3 is 2.38 bits per heavy atom. The highest BCUT2D eigenvalue weighted by Crippen LogP contribution is 2.26. The number of carbonyl (C=O) groups is 1. The first-order valence-corrected chi connectivity index (χ1v) is 11.4. The fourth-order valence-corrected chi connectivity index (χ4v) is 5.92. The van der Waals surface area contributed by atoms with Gasteiger partial charge in [0.05, 0.1) is 14.2 Å². The van der Waals surface area contributed by atoms with Crippen LogP contribution >= 0.6 is 11.3 Å². The zero-order chi connectivity index (χ0) is 21.0. The van der Waals surface area contributed by atoms with Crippen LogP contribution in [0.4, 0.5) is 0 Å². The van der Waals surface area contributed by atoms with E-state index in [-0.39, 0.29) is 19.0 Å². The van der Waals surface area contributed by atoms with Crippen LogP contribution in [0.5, 0.6) is 11.5 Å². The van der Waals surface area contributed by atoms with E-state index in [4.69, 9.17) is 9.47 Å². The lowest BCUT2D eigenvalue weighted by Crippen LogP contribution is -2.50. The van der Waals surface area contributed by atoms with E-state index in [0.717, 1.165) is 10.4 Å². The van der Waals surface area contributed by atoms with E-state index in [1.54, 1.807) is 55.5 Å². The largest absolute Gasteiger partial charge is 0.497 e. The average molecular weight is 437 g/mol. The van der Waals surface area contributed by atoms with E-state index in [1.807, 2.05) is 6.92 Å². The standard InChI is InChI=1S/C20H24N2O5S2/c1-15-4-9-20(28-15)29(24,25)22-12-10-21(11-13-22)19(23)8-5-16-14-17(26-2)6-7-18(16)27-3/h4-9,14H,10-13H2,1-3H3/b8-5+. The molecule has 1 aliphatic heterocycles. The molecule has 1 aromatic carbocycles. The number of hydrogen-bond acceptors (Lipinski definition) is 6. The Hall–Kier alpha value is -2.36. The van der Waals surface area contributed by atoms with E-state index in [0.29, 0.717) is 28.8 Å². The van der Waals surface area contributed by atoms with Crippen LogP contribution in [0.3, 0.4) is 0 Å². The fourth-order valence-electron chi connectivity index (χ4n) is 3.06. The molecule has 0 saturated carbocycles. The van der Waals surface area contributed by atoms with Crippen LogP contribution in [0.25, 0.3) is 6.08 Å². The van der Waals surface area contributed by atoms with E-state index in [9.17, 15) is 13.2 Å². The highest BCUT2D eigenvalue weighted by molar-refractivity contribution is 7.91. The summed E-state index contributed by atoms with van der Waals surface area (Å²) in [4.78, 5) is 15.2. The summed E-state index contributed by atoms with van der Waals surface area (Å²) in [6.45, 7) is 3.14. The van der Waals surface area contributed by atoms with Crippen molar-refractivity contribution in [3.63, 3.8) is 0 Å². The van der Waals surface area contributed by atoms with E-state index in [1.165, 1.54) is 21.7 Å². The molecule has 0 atom stereocenters. The maximum atomic E-state index is 12.7. The molecule has 0 aliphatic carbocycles. The third kappa shape index (κ3) is 4.80. The molecule has 29 heavy (non-hydrogen) atoms. The number of rotatable bonds is 6. The van der Waals surface area contributed by atoms with Crippen LogP contribution in [0.1, 0.15) is 10.4 Å². The Labute approximate surface area is 175 Å². The van der Waals surface area contributed by atoms with Crippen LogP contribution in [-0.2, 0) is 14.8 Å². The van der Waals surface area contributed by atoms with Crippen LogP contribution < -0.4 is 9.47 Å². The molecular weight excluding hydrogens is 412 g/mol. The lowest BCUT2D eigenvalue weighted by Gasteiger charge is -2.33. The predicted octanol–water partition coefficient (Wildman–Crippen LogP) is 2.62. The highest BCUT2D eigenvalue weighted by Gasteiger charge is 2.30. The fraction of sp³-hybridized carbons (Fsp3) is 0.350. The summed E-state index contributed by atoms with van der Waals surface area (Å²) in [5.74, 6) is 1.14. The molecule has 0 unspecified atom stereocenters. The first kappa shape index (κ1) is 21.4. The third-order valence-corrected chi connectivity index (χ3v) is 8.07. The number of thiophene rings is 1. The summed E-state index contributed by atoms with van der Waals surface area (Å²) < 4.78 is 37.7. The van der Waals surface area contributed by atoms with Crippen molar-refractivity contribution in [2.45, 2.75) is 11.1 Å².